The Balaban J connectivity index is 2.86. The van der Waals surface area contributed by atoms with Crippen LogP contribution in [0.2, 0.25) is 0 Å². The Labute approximate surface area is 93.3 Å². The Morgan fingerprint density at radius 2 is 2.07 bits per heavy atom. The summed E-state index contributed by atoms with van der Waals surface area (Å²) in [5, 5.41) is 0. The van der Waals surface area contributed by atoms with Crippen LogP contribution in [0, 0.1) is 6.92 Å². The van der Waals surface area contributed by atoms with E-state index in [0.29, 0.717) is 0 Å². The van der Waals surface area contributed by atoms with Crippen LogP contribution in [0.3, 0.4) is 0 Å². The van der Waals surface area contributed by atoms with Gasteiger partial charge in [0.15, 0.2) is 0 Å². The minimum Gasteiger partial charge on any atom is -0.103 e. The lowest BCUT2D eigenvalue weighted by Gasteiger charge is -2.08. The van der Waals surface area contributed by atoms with Gasteiger partial charge in [-0.25, -0.2) is 0 Å². The molecule has 0 saturated heterocycles. The highest BCUT2D eigenvalue weighted by atomic mass is 14.1. The number of hydrogen-bond donors (Lipinski definition) is 0. The summed E-state index contributed by atoms with van der Waals surface area (Å²) in [6, 6.07) is 6.73. The van der Waals surface area contributed by atoms with Crippen molar-refractivity contribution >= 4 is 0 Å². The normalized spacial score (nSPS) is 10.8. The van der Waals surface area contributed by atoms with E-state index in [2.05, 4.69) is 50.8 Å². The molecule has 1 aromatic carbocycles. The van der Waals surface area contributed by atoms with E-state index in [4.69, 9.17) is 0 Å². The third kappa shape index (κ3) is 3.75. The molecule has 0 fully saturated rings. The Morgan fingerprint density at radius 1 is 1.27 bits per heavy atom. The molecule has 0 aliphatic heterocycles. The lowest BCUT2D eigenvalue weighted by atomic mass is 9.98. The van der Waals surface area contributed by atoms with Crippen LogP contribution >= 0.6 is 0 Å². The van der Waals surface area contributed by atoms with Gasteiger partial charge in [0.25, 0.3) is 0 Å². The number of benzene rings is 1. The van der Waals surface area contributed by atoms with Gasteiger partial charge in [0.2, 0.25) is 0 Å². The monoisotopic (exact) mass is 200 g/mol. The van der Waals surface area contributed by atoms with Crippen LogP contribution in [0.5, 0.6) is 0 Å². The first kappa shape index (κ1) is 11.8. The predicted octanol–water partition coefficient (Wildman–Crippen LogP) is 4.23. The summed E-state index contributed by atoms with van der Waals surface area (Å²) < 4.78 is 0. The van der Waals surface area contributed by atoms with Crippen LogP contribution in [0.25, 0.3) is 0 Å². The third-order valence-corrected chi connectivity index (χ3v) is 2.55. The zero-order chi connectivity index (χ0) is 11.1. The second-order valence-electron chi connectivity index (χ2n) is 3.87. The summed E-state index contributed by atoms with van der Waals surface area (Å²) in [6.07, 6.45) is 9.52. The SMILES string of the molecule is C=CCCc1cc(C)ccc1C/C=C\C. The highest BCUT2D eigenvalue weighted by molar-refractivity contribution is 5.33. The number of rotatable bonds is 5. The Morgan fingerprint density at radius 3 is 2.73 bits per heavy atom. The molecule has 0 spiro atoms. The van der Waals surface area contributed by atoms with Crippen LogP contribution in [0.1, 0.15) is 30.0 Å². The first-order chi connectivity index (χ1) is 7.27. The van der Waals surface area contributed by atoms with Gasteiger partial charge in [-0.1, -0.05) is 42.0 Å². The standard InChI is InChI=1S/C15H20/c1-4-6-8-14-11-10-13(3)12-15(14)9-7-5-2/h4-6,10-12H,2,7-9H2,1,3H3/b6-4-. The zero-order valence-electron chi connectivity index (χ0n) is 9.79. The largest absolute Gasteiger partial charge is 0.103 e. The van der Waals surface area contributed by atoms with Crippen molar-refractivity contribution in [1.29, 1.82) is 0 Å². The molecular weight excluding hydrogens is 180 g/mol. The maximum atomic E-state index is 3.78. The minimum absolute atomic E-state index is 1.04. The summed E-state index contributed by atoms with van der Waals surface area (Å²) in [5.41, 5.74) is 4.26. The molecule has 0 unspecified atom stereocenters. The molecule has 0 atom stereocenters. The topological polar surface area (TPSA) is 0 Å². The summed E-state index contributed by atoms with van der Waals surface area (Å²) in [6.45, 7) is 7.99. The van der Waals surface area contributed by atoms with Crippen LogP contribution in [-0.4, -0.2) is 0 Å². The second kappa shape index (κ2) is 6.23. The van der Waals surface area contributed by atoms with Crippen LogP contribution < -0.4 is 0 Å². The summed E-state index contributed by atoms with van der Waals surface area (Å²) >= 11 is 0. The molecule has 0 radical (unpaired) electrons. The molecule has 0 N–H and O–H groups in total. The van der Waals surface area contributed by atoms with E-state index >= 15 is 0 Å². The van der Waals surface area contributed by atoms with E-state index in [1.54, 1.807) is 0 Å². The summed E-state index contributed by atoms with van der Waals surface area (Å²) in [7, 11) is 0. The van der Waals surface area contributed by atoms with E-state index in [0.717, 1.165) is 19.3 Å². The fraction of sp³-hybridized carbons (Fsp3) is 0.333. The van der Waals surface area contributed by atoms with Gasteiger partial charge >= 0.3 is 0 Å². The molecule has 0 aliphatic rings. The highest BCUT2D eigenvalue weighted by Crippen LogP contribution is 2.15. The van der Waals surface area contributed by atoms with Gasteiger partial charge in [0.05, 0.1) is 0 Å². The second-order valence-corrected chi connectivity index (χ2v) is 3.87. The van der Waals surface area contributed by atoms with Gasteiger partial charge in [-0.15, -0.1) is 6.58 Å². The number of hydrogen-bond acceptors (Lipinski definition) is 0. The Bertz CT molecular complexity index is 345. The molecule has 0 heteroatoms. The van der Waals surface area contributed by atoms with Gasteiger partial charge in [-0.05, 0) is 44.2 Å². The van der Waals surface area contributed by atoms with Crippen molar-refractivity contribution in [2.24, 2.45) is 0 Å². The van der Waals surface area contributed by atoms with Crippen molar-refractivity contribution in [3.8, 4) is 0 Å². The molecule has 0 saturated carbocycles. The molecule has 0 amide bonds. The van der Waals surface area contributed by atoms with E-state index in [-0.39, 0.29) is 0 Å². The summed E-state index contributed by atoms with van der Waals surface area (Å²) in [4.78, 5) is 0. The highest BCUT2D eigenvalue weighted by Gasteiger charge is 2.00. The molecule has 1 aromatic rings. The molecule has 0 heterocycles. The average molecular weight is 200 g/mol. The quantitative estimate of drug-likeness (QED) is 0.624. The van der Waals surface area contributed by atoms with Crippen molar-refractivity contribution in [2.75, 3.05) is 0 Å². The average Bonchev–Trinajstić information content (AvgIpc) is 2.25. The third-order valence-electron chi connectivity index (χ3n) is 2.55. The minimum atomic E-state index is 1.04. The van der Waals surface area contributed by atoms with E-state index in [1.165, 1.54) is 16.7 Å². The number of aryl methyl sites for hydroxylation is 2. The Kier molecular flexibility index (Phi) is 4.89. The van der Waals surface area contributed by atoms with Crippen molar-refractivity contribution in [3.63, 3.8) is 0 Å². The zero-order valence-corrected chi connectivity index (χ0v) is 9.79. The van der Waals surface area contributed by atoms with Crippen molar-refractivity contribution < 1.29 is 0 Å². The molecule has 0 aliphatic carbocycles. The molecule has 0 bridgehead atoms. The smallest absolute Gasteiger partial charge is 0.00948 e. The molecule has 0 aromatic heterocycles. The first-order valence-electron chi connectivity index (χ1n) is 5.58. The van der Waals surface area contributed by atoms with Gasteiger partial charge < -0.3 is 0 Å². The van der Waals surface area contributed by atoms with Crippen molar-refractivity contribution in [2.45, 2.75) is 33.1 Å². The lowest BCUT2D eigenvalue weighted by Crippen LogP contribution is -1.93. The fourth-order valence-electron chi connectivity index (χ4n) is 1.69. The molecule has 80 valence electrons. The first-order valence-corrected chi connectivity index (χ1v) is 5.58. The van der Waals surface area contributed by atoms with E-state index in [1.807, 2.05) is 6.08 Å². The van der Waals surface area contributed by atoms with Gasteiger partial charge in [0, 0.05) is 0 Å². The van der Waals surface area contributed by atoms with Gasteiger partial charge in [-0.2, -0.15) is 0 Å². The van der Waals surface area contributed by atoms with E-state index < -0.39 is 0 Å². The van der Waals surface area contributed by atoms with Crippen molar-refractivity contribution in [1.82, 2.24) is 0 Å². The molecule has 0 nitrogen and oxygen atoms in total. The van der Waals surface area contributed by atoms with Crippen LogP contribution in [-0.2, 0) is 12.8 Å². The predicted molar refractivity (Wildman–Crippen MR) is 68.2 cm³/mol. The fourth-order valence-corrected chi connectivity index (χ4v) is 1.69. The molecule has 15 heavy (non-hydrogen) atoms. The van der Waals surface area contributed by atoms with E-state index in [9.17, 15) is 0 Å². The Hall–Kier alpha value is -1.30. The van der Waals surface area contributed by atoms with Gasteiger partial charge in [0.1, 0.15) is 0 Å². The maximum absolute atomic E-state index is 3.78. The molecular formula is C15H20. The van der Waals surface area contributed by atoms with Crippen molar-refractivity contribution in [3.05, 3.63) is 59.7 Å². The van der Waals surface area contributed by atoms with Crippen LogP contribution in [0.4, 0.5) is 0 Å². The van der Waals surface area contributed by atoms with Crippen LogP contribution in [0.15, 0.2) is 43.0 Å². The lowest BCUT2D eigenvalue weighted by molar-refractivity contribution is 0.974. The van der Waals surface area contributed by atoms with Gasteiger partial charge in [-0.3, -0.25) is 0 Å². The molecule has 1 rings (SSSR count). The maximum Gasteiger partial charge on any atom is -0.00948 e. The summed E-state index contributed by atoms with van der Waals surface area (Å²) in [5.74, 6) is 0. The number of allylic oxidation sites excluding steroid dienone is 3.